The van der Waals surface area contributed by atoms with E-state index in [1.807, 2.05) is 95.2 Å². The van der Waals surface area contributed by atoms with E-state index in [-0.39, 0.29) is 18.5 Å². The van der Waals surface area contributed by atoms with Gasteiger partial charge in [0.1, 0.15) is 6.54 Å². The van der Waals surface area contributed by atoms with Crippen LogP contribution in [-0.4, -0.2) is 34.8 Å². The zero-order chi connectivity index (χ0) is 24.0. The molecule has 1 saturated carbocycles. The Balaban J connectivity index is 1.33. The minimum atomic E-state index is -0.225. The first-order chi connectivity index (χ1) is 17.2. The monoisotopic (exact) mass is 483 g/mol. The van der Waals surface area contributed by atoms with Crippen LogP contribution in [0.2, 0.25) is 0 Å². The molecule has 0 bridgehead atoms. The van der Waals surface area contributed by atoms with Crippen molar-refractivity contribution in [2.75, 3.05) is 18.4 Å². The number of nitrogens with one attached hydrogen (secondary N) is 1. The number of fused-ring (bicyclic) bond motifs is 1. The molecule has 5 nitrogen and oxygen atoms in total. The summed E-state index contributed by atoms with van der Waals surface area (Å²) in [6.07, 6.45) is 2.21. The molecule has 1 aliphatic rings. The van der Waals surface area contributed by atoms with E-state index in [1.165, 1.54) is 0 Å². The first-order valence-corrected chi connectivity index (χ1v) is 12.9. The van der Waals surface area contributed by atoms with E-state index < -0.39 is 0 Å². The number of rotatable bonds is 9. The van der Waals surface area contributed by atoms with Crippen molar-refractivity contribution in [1.29, 1.82) is 0 Å². The molecule has 3 aromatic carbocycles. The molecule has 3 amide bonds. The number of hydrogen-bond donors (Lipinski definition) is 1. The van der Waals surface area contributed by atoms with Crippen LogP contribution < -0.4 is 5.32 Å². The third-order valence-electron chi connectivity index (χ3n) is 6.32. The largest absolute Gasteiger partial charge is 0.332 e. The van der Waals surface area contributed by atoms with E-state index >= 15 is 0 Å². The van der Waals surface area contributed by atoms with Gasteiger partial charge in [0.25, 0.3) is 0 Å². The van der Waals surface area contributed by atoms with Crippen molar-refractivity contribution in [2.45, 2.75) is 25.9 Å². The Labute approximate surface area is 210 Å². The molecule has 1 aromatic heterocycles. The van der Waals surface area contributed by atoms with E-state index in [0.717, 1.165) is 39.7 Å². The molecule has 1 heterocycles. The number of thiophene rings is 1. The Morgan fingerprint density at radius 3 is 2.37 bits per heavy atom. The third kappa shape index (κ3) is 6.08. The maximum Gasteiger partial charge on any atom is 0.322 e. The molecule has 0 saturated heterocycles. The summed E-state index contributed by atoms with van der Waals surface area (Å²) in [6, 6.07) is 27.7. The third-order valence-corrected chi connectivity index (χ3v) is 7.18. The molecule has 1 N–H and O–H groups in total. The minimum Gasteiger partial charge on any atom is -0.332 e. The lowest BCUT2D eigenvalue weighted by Gasteiger charge is -2.28. The zero-order valence-electron chi connectivity index (χ0n) is 19.6. The van der Waals surface area contributed by atoms with Crippen molar-refractivity contribution >= 4 is 39.7 Å². The number of nitrogens with zero attached hydrogens (tertiary/aromatic N) is 2. The maximum atomic E-state index is 13.6. The highest BCUT2D eigenvalue weighted by molar-refractivity contribution is 7.09. The van der Waals surface area contributed by atoms with Gasteiger partial charge in [-0.05, 0) is 47.2 Å². The molecule has 0 aliphatic heterocycles. The van der Waals surface area contributed by atoms with Crippen LogP contribution in [0.3, 0.4) is 0 Å². The fourth-order valence-electron chi connectivity index (χ4n) is 4.25. The molecule has 178 valence electrons. The number of benzene rings is 3. The second-order valence-corrected chi connectivity index (χ2v) is 10.1. The number of anilines is 1. The van der Waals surface area contributed by atoms with Crippen LogP contribution in [0.5, 0.6) is 0 Å². The predicted octanol–water partition coefficient (Wildman–Crippen LogP) is 6.37. The molecule has 1 fully saturated rings. The van der Waals surface area contributed by atoms with Gasteiger partial charge < -0.3 is 15.1 Å². The molecule has 35 heavy (non-hydrogen) atoms. The highest BCUT2D eigenvalue weighted by Crippen LogP contribution is 2.30. The highest BCUT2D eigenvalue weighted by atomic mass is 32.1. The van der Waals surface area contributed by atoms with Crippen molar-refractivity contribution in [3.05, 3.63) is 101 Å². The van der Waals surface area contributed by atoms with Gasteiger partial charge in [-0.1, -0.05) is 72.8 Å². The second kappa shape index (κ2) is 10.7. The van der Waals surface area contributed by atoms with E-state index in [1.54, 1.807) is 16.2 Å². The molecule has 5 rings (SSSR count). The lowest BCUT2D eigenvalue weighted by atomic mass is 10.1. The fourth-order valence-corrected chi connectivity index (χ4v) is 4.97. The number of hydrogen-bond acceptors (Lipinski definition) is 3. The number of amides is 3. The van der Waals surface area contributed by atoms with Gasteiger partial charge in [-0.2, -0.15) is 0 Å². The lowest BCUT2D eigenvalue weighted by molar-refractivity contribution is -0.133. The molecule has 4 aromatic rings. The molecule has 0 unspecified atom stereocenters. The molecule has 1 aliphatic carbocycles. The minimum absolute atomic E-state index is 0.0454. The van der Waals surface area contributed by atoms with Gasteiger partial charge in [-0.15, -0.1) is 11.3 Å². The van der Waals surface area contributed by atoms with Gasteiger partial charge >= 0.3 is 6.03 Å². The summed E-state index contributed by atoms with van der Waals surface area (Å²) in [6.45, 7) is 1.71. The summed E-state index contributed by atoms with van der Waals surface area (Å²) in [5, 5.41) is 7.16. The predicted molar refractivity (Wildman–Crippen MR) is 142 cm³/mol. The van der Waals surface area contributed by atoms with Crippen LogP contribution in [0.4, 0.5) is 10.5 Å². The molecular weight excluding hydrogens is 454 g/mol. The Morgan fingerprint density at radius 1 is 0.829 bits per heavy atom. The summed E-state index contributed by atoms with van der Waals surface area (Å²) < 4.78 is 0. The summed E-state index contributed by atoms with van der Waals surface area (Å²) in [5.74, 6) is 0.428. The first-order valence-electron chi connectivity index (χ1n) is 12.0. The van der Waals surface area contributed by atoms with Crippen LogP contribution in [-0.2, 0) is 17.9 Å². The summed E-state index contributed by atoms with van der Waals surface area (Å²) in [7, 11) is 0. The van der Waals surface area contributed by atoms with Crippen LogP contribution in [0.15, 0.2) is 90.3 Å². The van der Waals surface area contributed by atoms with Crippen molar-refractivity contribution in [3.63, 3.8) is 0 Å². The maximum absolute atomic E-state index is 13.6. The van der Waals surface area contributed by atoms with Crippen molar-refractivity contribution in [2.24, 2.45) is 5.92 Å². The van der Waals surface area contributed by atoms with Gasteiger partial charge in [0.2, 0.25) is 5.91 Å². The van der Waals surface area contributed by atoms with E-state index in [2.05, 4.69) is 5.32 Å². The number of urea groups is 1. The first kappa shape index (κ1) is 23.1. The normalized spacial score (nSPS) is 12.9. The quantitative estimate of drug-likeness (QED) is 0.301. The molecule has 0 spiro atoms. The van der Waals surface area contributed by atoms with E-state index in [9.17, 15) is 9.59 Å². The zero-order valence-corrected chi connectivity index (χ0v) is 20.4. The molecule has 0 atom stereocenters. The second-order valence-electron chi connectivity index (χ2n) is 9.10. The highest BCUT2D eigenvalue weighted by Gasteiger charge is 2.29. The van der Waals surface area contributed by atoms with Crippen molar-refractivity contribution < 1.29 is 9.59 Å². The van der Waals surface area contributed by atoms with Gasteiger partial charge in [0.05, 0.1) is 12.2 Å². The number of carbonyl (C=O) groups is 2. The Bertz CT molecular complexity index is 1280. The van der Waals surface area contributed by atoms with Gasteiger partial charge in [0, 0.05) is 23.4 Å². The molecule has 0 radical (unpaired) electrons. The summed E-state index contributed by atoms with van der Waals surface area (Å²) in [4.78, 5) is 31.6. The Kier molecular flexibility index (Phi) is 7.09. The van der Waals surface area contributed by atoms with Gasteiger partial charge in [0.15, 0.2) is 0 Å². The van der Waals surface area contributed by atoms with E-state index in [0.29, 0.717) is 25.6 Å². The van der Waals surface area contributed by atoms with Crippen molar-refractivity contribution in [1.82, 2.24) is 9.80 Å². The SMILES string of the molecule is O=C(CN(CC1CC1)C(=O)Nc1cccc2ccccc12)N(Cc1ccccc1)Cc1cccs1. The topological polar surface area (TPSA) is 52.7 Å². The van der Waals surface area contributed by atoms with Gasteiger partial charge in [-0.3, -0.25) is 4.79 Å². The summed E-state index contributed by atoms with van der Waals surface area (Å²) >= 11 is 1.64. The van der Waals surface area contributed by atoms with Crippen LogP contribution in [0.25, 0.3) is 10.8 Å². The fraction of sp³-hybridized carbons (Fsp3) is 0.241. The van der Waals surface area contributed by atoms with Crippen LogP contribution in [0, 0.1) is 5.92 Å². The average Bonchev–Trinajstić information content (AvgIpc) is 3.55. The molecule has 6 heteroatoms. The van der Waals surface area contributed by atoms with Crippen LogP contribution >= 0.6 is 11.3 Å². The standard InChI is InChI=1S/C29H29N3O2S/c33-28(31(20-25-12-7-17-35-25)18-22-8-2-1-3-9-22)21-32(19-23-15-16-23)29(34)30-27-14-6-11-24-10-4-5-13-26(24)27/h1-14,17,23H,15-16,18-21H2,(H,30,34). The van der Waals surface area contributed by atoms with Gasteiger partial charge in [-0.25, -0.2) is 4.79 Å². The Hall–Kier alpha value is -3.64. The van der Waals surface area contributed by atoms with Crippen LogP contribution in [0.1, 0.15) is 23.3 Å². The number of carbonyl (C=O) groups excluding carboxylic acids is 2. The summed E-state index contributed by atoms with van der Waals surface area (Å²) in [5.41, 5.74) is 1.84. The Morgan fingerprint density at radius 2 is 1.60 bits per heavy atom. The smallest absolute Gasteiger partial charge is 0.322 e. The average molecular weight is 484 g/mol. The lowest BCUT2D eigenvalue weighted by Crippen LogP contribution is -2.45. The van der Waals surface area contributed by atoms with E-state index in [4.69, 9.17) is 0 Å². The molecular formula is C29H29N3O2S. The van der Waals surface area contributed by atoms with Crippen molar-refractivity contribution in [3.8, 4) is 0 Å².